The van der Waals surface area contributed by atoms with Gasteiger partial charge in [0.25, 0.3) is 0 Å². The van der Waals surface area contributed by atoms with Gasteiger partial charge in [-0.3, -0.25) is 18.2 Å². The van der Waals surface area contributed by atoms with Crippen molar-refractivity contribution in [3.63, 3.8) is 0 Å². The number of aliphatic hydroxyl groups is 5. The number of hydrogen-bond donors (Lipinski definition) is 13. The molecule has 0 aromatic rings. The molecule has 0 amide bonds. The standard InChI is InChI=1S/C38H66N4O35S4/c1-12-17(39)35(74-29-24(47)30(77-81(60,61)62)38(76-32(29)42-50)72-27-16(11-67-80(57,58)59)68-34(63-2)18(40)21(27)44)69-14(9-65-78(51,52)53)25(12)71-37-23(46)22(45)28(31(75-37)33(48)49)73-36-19(41)20(43)26(15(70-36)10-66-79(54,55)56)64-8-13-6-4-3-5-7-13/h12-32,34-38,43-47H,3-11,39-41H2,1-2H3,(H,48,49)(H,51,52,53)(H,54,55,56)(H,57,58,59)(H,60,61,62)/t12-,14?,15?,16?,17?,18?,19?,20-,21-,22-,23?,24?,25+,26-,27-,28+,29+,30?,31?,32-,34+,35-,36-,37-,38-/m1/s1. The average molecular weight is 1270 g/mol. The third-order valence-corrected chi connectivity index (χ3v) is 15.7. The Labute approximate surface area is 461 Å². The second kappa shape index (κ2) is 28.1. The van der Waals surface area contributed by atoms with Gasteiger partial charge in [-0.2, -0.15) is 33.7 Å². The Morgan fingerprint density at radius 2 is 0.988 bits per heavy atom. The first-order chi connectivity index (χ1) is 37.6. The fourth-order valence-electron chi connectivity index (χ4n) is 9.85. The lowest BCUT2D eigenvalue weighted by molar-refractivity contribution is -0.371. The molecule has 1 saturated carbocycles. The van der Waals surface area contributed by atoms with Crippen LogP contribution in [0.15, 0.2) is 5.18 Å². The predicted molar refractivity (Wildman–Crippen MR) is 252 cm³/mol. The summed E-state index contributed by atoms with van der Waals surface area (Å²) in [4.78, 5) is 25.2. The Balaban J connectivity index is 1.20. The number of nitrogens with two attached hydrogens (primary N) is 3. The number of carbonyl (C=O) groups is 1. The van der Waals surface area contributed by atoms with Gasteiger partial charge in [0.2, 0.25) is 6.23 Å². The van der Waals surface area contributed by atoms with Gasteiger partial charge in [0.1, 0.15) is 73.2 Å². The van der Waals surface area contributed by atoms with Crippen LogP contribution in [0.5, 0.6) is 0 Å². The number of aliphatic hydroxyl groups excluding tert-OH is 5. The van der Waals surface area contributed by atoms with Crippen LogP contribution >= 0.6 is 0 Å². The van der Waals surface area contributed by atoms with Crippen LogP contribution in [0.2, 0.25) is 0 Å². The molecule has 6 rings (SSSR count). The molecule has 0 aromatic carbocycles. The highest BCUT2D eigenvalue weighted by Crippen LogP contribution is 2.38. The van der Waals surface area contributed by atoms with Crippen molar-refractivity contribution < 1.29 is 156 Å². The summed E-state index contributed by atoms with van der Waals surface area (Å²) < 4.78 is 212. The number of hydrogen-bond acceptors (Lipinski definition) is 34. The van der Waals surface area contributed by atoms with E-state index < -0.39 is 221 Å². The summed E-state index contributed by atoms with van der Waals surface area (Å²) in [6.45, 7) is -2.17. The van der Waals surface area contributed by atoms with Gasteiger partial charge in [-0.1, -0.05) is 26.2 Å². The molecule has 0 bridgehead atoms. The van der Waals surface area contributed by atoms with E-state index in [0.717, 1.165) is 39.2 Å². The highest BCUT2D eigenvalue weighted by Gasteiger charge is 2.58. The maximum absolute atomic E-state index is 12.8. The largest absolute Gasteiger partial charge is 0.479 e. The first kappa shape index (κ1) is 67.9. The second-order valence-corrected chi connectivity index (χ2v) is 23.8. The molecule has 5 saturated heterocycles. The number of carboxylic acids is 1. The predicted octanol–water partition coefficient (Wildman–Crippen LogP) is -7.36. The van der Waals surface area contributed by atoms with Crippen LogP contribution in [-0.4, -0.2) is 269 Å². The van der Waals surface area contributed by atoms with Crippen molar-refractivity contribution >= 4 is 47.6 Å². The summed E-state index contributed by atoms with van der Waals surface area (Å²) in [7, 11) is -20.4. The SMILES string of the molecule is CO[C@H]1OC(COS(=O)(=O)O)[C@@H](O[C@@H]2O[C@@H](N=O)[C@@H](O[C@H]3OC(COS(=O)(=O)O)[C@@H](O[C@@H]4OC(C(=O)O)[C@@H](O[C@H]5OC(COS(=O)(=O)O)[C@@H](OCC6CCCCC6)[C@H](O)C5N)[C@H](O)C4O)[C@H](C)C3N)C(O)C2OS(=O)(=O)O)[C@H](O)C1N. The number of nitrogens with zero attached hydrogens (tertiary/aromatic N) is 1. The van der Waals surface area contributed by atoms with E-state index in [2.05, 4.69) is 21.9 Å². The normalized spacial score (nSPS) is 42.5. The third kappa shape index (κ3) is 17.9. The van der Waals surface area contributed by atoms with Gasteiger partial charge in [0.15, 0.2) is 43.7 Å². The van der Waals surface area contributed by atoms with Crippen LogP contribution in [0.3, 0.4) is 0 Å². The fourth-order valence-corrected chi connectivity index (χ4v) is 11.2. The molecule has 5 aliphatic heterocycles. The number of methoxy groups -OCH3 is 1. The number of aliphatic carboxylic acids is 1. The van der Waals surface area contributed by atoms with E-state index in [-0.39, 0.29) is 12.5 Å². The Morgan fingerprint density at radius 1 is 0.519 bits per heavy atom. The van der Waals surface area contributed by atoms with E-state index >= 15 is 0 Å². The van der Waals surface area contributed by atoms with Crippen LogP contribution in [0.25, 0.3) is 0 Å². The maximum Gasteiger partial charge on any atom is 0.397 e. The Hall–Kier alpha value is -2.21. The summed E-state index contributed by atoms with van der Waals surface area (Å²) in [6, 6.07) is -4.89. The zero-order valence-electron chi connectivity index (χ0n) is 42.4. The quantitative estimate of drug-likeness (QED) is 0.0298. The summed E-state index contributed by atoms with van der Waals surface area (Å²) >= 11 is 0. The van der Waals surface area contributed by atoms with Crippen LogP contribution in [-0.2, 0) is 115 Å². The van der Waals surface area contributed by atoms with Crippen molar-refractivity contribution in [3.8, 4) is 0 Å². The van der Waals surface area contributed by atoms with Crippen molar-refractivity contribution in [2.24, 2.45) is 34.2 Å². The minimum Gasteiger partial charge on any atom is -0.479 e. The van der Waals surface area contributed by atoms with Crippen LogP contribution in [0, 0.1) is 16.7 Å². The van der Waals surface area contributed by atoms with E-state index in [1.54, 1.807) is 0 Å². The average Bonchev–Trinajstić information content (AvgIpc) is 3.37. The molecule has 43 heteroatoms. The van der Waals surface area contributed by atoms with E-state index in [4.69, 9.17) is 69.3 Å². The molecular weight excluding hydrogens is 1200 g/mol. The Kier molecular flexibility index (Phi) is 23.5. The lowest BCUT2D eigenvalue weighted by Crippen LogP contribution is -2.68. The molecule has 0 aromatic heterocycles. The molecule has 472 valence electrons. The molecule has 39 nitrogen and oxygen atoms in total. The van der Waals surface area contributed by atoms with E-state index in [1.807, 2.05) is 0 Å². The third-order valence-electron chi connectivity index (χ3n) is 14.0. The molecule has 0 radical (unpaired) electrons. The smallest absolute Gasteiger partial charge is 0.397 e. The van der Waals surface area contributed by atoms with Gasteiger partial charge in [0.05, 0.1) is 50.7 Å². The van der Waals surface area contributed by atoms with Crippen LogP contribution < -0.4 is 17.2 Å². The van der Waals surface area contributed by atoms with E-state index in [1.165, 1.54) is 6.92 Å². The fraction of sp³-hybridized carbons (Fsp3) is 0.974. The van der Waals surface area contributed by atoms with Crippen molar-refractivity contribution in [1.29, 1.82) is 0 Å². The van der Waals surface area contributed by atoms with Gasteiger partial charge < -0.3 is 99.9 Å². The number of carboxylic acid groups (broad SMARTS) is 1. The molecule has 1 aliphatic carbocycles. The summed E-state index contributed by atoms with van der Waals surface area (Å²) in [5.41, 5.74) is 18.7. The summed E-state index contributed by atoms with van der Waals surface area (Å²) in [5.74, 6) is -3.25. The first-order valence-corrected chi connectivity index (χ1v) is 29.8. The van der Waals surface area contributed by atoms with Crippen molar-refractivity contribution in [2.75, 3.05) is 33.5 Å². The summed E-state index contributed by atoms with van der Waals surface area (Å²) in [6.07, 6.45) is -39.6. The molecule has 25 atom stereocenters. The molecule has 0 spiro atoms. The van der Waals surface area contributed by atoms with Gasteiger partial charge in [-0.05, 0) is 23.9 Å². The molecule has 6 fully saturated rings. The van der Waals surface area contributed by atoms with Gasteiger partial charge >= 0.3 is 47.6 Å². The van der Waals surface area contributed by atoms with Gasteiger partial charge in [-0.15, -0.1) is 4.91 Å². The van der Waals surface area contributed by atoms with Crippen molar-refractivity contribution in [1.82, 2.24) is 0 Å². The molecule has 5 heterocycles. The van der Waals surface area contributed by atoms with Gasteiger partial charge in [0, 0.05) is 13.0 Å². The monoisotopic (exact) mass is 1270 g/mol. The molecule has 10 unspecified atom stereocenters. The van der Waals surface area contributed by atoms with Gasteiger partial charge in [-0.25, -0.2) is 21.5 Å². The van der Waals surface area contributed by atoms with Crippen molar-refractivity contribution in [2.45, 2.75) is 186 Å². The molecule has 6 aliphatic rings. The number of nitroso groups, excluding NO2 is 1. The Morgan fingerprint density at radius 3 is 1.51 bits per heavy atom. The number of rotatable bonds is 25. The number of ether oxygens (including phenoxy) is 11. The second-order valence-electron chi connectivity index (χ2n) is 19.5. The topological polar surface area (TPSA) is 602 Å². The lowest BCUT2D eigenvalue weighted by Gasteiger charge is -2.50. The van der Waals surface area contributed by atoms with E-state index in [9.17, 15) is 92.2 Å². The highest BCUT2D eigenvalue weighted by molar-refractivity contribution is 7.81. The minimum absolute atomic E-state index is 0.0422. The minimum atomic E-state index is -5.69. The summed E-state index contributed by atoms with van der Waals surface area (Å²) in [5, 5.41) is 69.9. The highest BCUT2D eigenvalue weighted by atomic mass is 32.3. The molecule has 16 N–H and O–H groups in total. The molecule has 81 heavy (non-hydrogen) atoms. The van der Waals surface area contributed by atoms with Crippen LogP contribution in [0.4, 0.5) is 0 Å². The Bertz CT molecular complexity index is 2540. The zero-order valence-corrected chi connectivity index (χ0v) is 45.6. The lowest BCUT2D eigenvalue weighted by atomic mass is 9.88. The van der Waals surface area contributed by atoms with Crippen LogP contribution in [0.1, 0.15) is 39.0 Å². The zero-order chi connectivity index (χ0) is 60.3. The maximum atomic E-state index is 12.8. The van der Waals surface area contributed by atoms with E-state index in [0.29, 0.717) is 0 Å². The van der Waals surface area contributed by atoms with Crippen molar-refractivity contribution in [3.05, 3.63) is 4.91 Å². The molecular formula is C38H66N4O35S4. The first-order valence-electron chi connectivity index (χ1n) is 24.4.